The van der Waals surface area contributed by atoms with E-state index in [9.17, 15) is 9.18 Å². The van der Waals surface area contributed by atoms with Gasteiger partial charge in [0.25, 0.3) is 0 Å². The summed E-state index contributed by atoms with van der Waals surface area (Å²) < 4.78 is 13.3. The molecule has 5 heteroatoms. The van der Waals surface area contributed by atoms with Crippen LogP contribution in [0.25, 0.3) is 0 Å². The van der Waals surface area contributed by atoms with E-state index < -0.39 is 0 Å². The van der Waals surface area contributed by atoms with Gasteiger partial charge in [-0.3, -0.25) is 4.79 Å². The molecule has 0 bridgehead atoms. The predicted molar refractivity (Wildman–Crippen MR) is 108 cm³/mol. The fourth-order valence-corrected chi connectivity index (χ4v) is 3.95. The zero-order valence-electron chi connectivity index (χ0n) is 15.5. The average molecular weight is 383 g/mol. The number of carbonyl (C=O) groups excluding carboxylic acids is 1. The summed E-state index contributed by atoms with van der Waals surface area (Å²) in [5.74, 6) is -0.390. The van der Waals surface area contributed by atoms with Gasteiger partial charge in [-0.25, -0.2) is 9.37 Å². The minimum Gasteiger partial charge on any atom is -0.356 e. The normalized spacial score (nSPS) is 12.0. The van der Waals surface area contributed by atoms with Crippen molar-refractivity contribution in [1.29, 1.82) is 0 Å². The van der Waals surface area contributed by atoms with Crippen LogP contribution in [0.5, 0.6) is 0 Å². The number of amides is 1. The lowest BCUT2D eigenvalue weighted by atomic mass is 9.88. The minimum atomic E-state index is -0.274. The molecule has 0 fully saturated rings. The molecule has 0 aliphatic rings. The zero-order valence-corrected chi connectivity index (χ0v) is 16.4. The SMILES string of the molecule is Cc1nc(CCNC(=O)C[C@H](c2ccccc2)c2ccc(F)cc2)sc1C. The van der Waals surface area contributed by atoms with Gasteiger partial charge in [-0.05, 0) is 37.1 Å². The highest BCUT2D eigenvalue weighted by atomic mass is 32.1. The van der Waals surface area contributed by atoms with Crippen LogP contribution < -0.4 is 5.32 Å². The van der Waals surface area contributed by atoms with Crippen LogP contribution in [0.2, 0.25) is 0 Å². The molecule has 0 aliphatic carbocycles. The lowest BCUT2D eigenvalue weighted by Gasteiger charge is -2.18. The molecule has 1 amide bonds. The van der Waals surface area contributed by atoms with Crippen molar-refractivity contribution in [1.82, 2.24) is 10.3 Å². The topological polar surface area (TPSA) is 42.0 Å². The molecule has 0 saturated heterocycles. The van der Waals surface area contributed by atoms with Gasteiger partial charge in [0.2, 0.25) is 5.91 Å². The van der Waals surface area contributed by atoms with Crippen molar-refractivity contribution < 1.29 is 9.18 Å². The standard InChI is InChI=1S/C22H23FN2OS/c1-15-16(2)27-22(25-15)12-13-24-21(26)14-20(17-6-4-3-5-7-17)18-8-10-19(23)11-9-18/h3-11,20H,12-14H2,1-2H3,(H,24,26)/t20-/m1/s1. The molecule has 1 N–H and O–H groups in total. The van der Waals surface area contributed by atoms with Crippen molar-refractivity contribution in [2.24, 2.45) is 0 Å². The third-order valence-corrected chi connectivity index (χ3v) is 5.73. The van der Waals surface area contributed by atoms with Crippen LogP contribution in [0.1, 0.15) is 39.0 Å². The third kappa shape index (κ3) is 5.23. The predicted octanol–water partition coefficient (Wildman–Crippen LogP) is 4.78. The Labute approximate surface area is 163 Å². The number of aromatic nitrogens is 1. The summed E-state index contributed by atoms with van der Waals surface area (Å²) in [7, 11) is 0. The molecule has 1 atom stereocenters. The Kier molecular flexibility index (Phi) is 6.35. The molecule has 0 radical (unpaired) electrons. The van der Waals surface area contributed by atoms with E-state index in [-0.39, 0.29) is 17.6 Å². The number of nitrogens with one attached hydrogen (secondary N) is 1. The molecule has 0 spiro atoms. The fraction of sp³-hybridized carbons (Fsp3) is 0.273. The maximum Gasteiger partial charge on any atom is 0.220 e. The molecular formula is C22H23FN2OS. The van der Waals surface area contributed by atoms with E-state index in [0.717, 1.165) is 28.2 Å². The highest BCUT2D eigenvalue weighted by molar-refractivity contribution is 7.11. The van der Waals surface area contributed by atoms with Gasteiger partial charge in [0.05, 0.1) is 10.7 Å². The molecule has 3 rings (SSSR count). The molecule has 1 aromatic heterocycles. The molecular weight excluding hydrogens is 359 g/mol. The van der Waals surface area contributed by atoms with Gasteiger partial charge < -0.3 is 5.32 Å². The first-order valence-electron chi connectivity index (χ1n) is 9.03. The van der Waals surface area contributed by atoms with E-state index in [1.54, 1.807) is 23.5 Å². The largest absolute Gasteiger partial charge is 0.356 e. The summed E-state index contributed by atoms with van der Waals surface area (Å²) >= 11 is 1.68. The van der Waals surface area contributed by atoms with Crippen LogP contribution in [0, 0.1) is 19.7 Å². The molecule has 0 saturated carbocycles. The number of thiazole rings is 1. The van der Waals surface area contributed by atoms with Crippen LogP contribution >= 0.6 is 11.3 Å². The summed E-state index contributed by atoms with van der Waals surface area (Å²) in [5.41, 5.74) is 3.04. The Balaban J connectivity index is 1.64. The van der Waals surface area contributed by atoms with Gasteiger partial charge in [-0.15, -0.1) is 11.3 Å². The number of benzene rings is 2. The first kappa shape index (κ1) is 19.2. The van der Waals surface area contributed by atoms with Crippen LogP contribution in [-0.4, -0.2) is 17.4 Å². The van der Waals surface area contributed by atoms with E-state index in [1.807, 2.05) is 37.3 Å². The molecule has 3 aromatic rings. The monoisotopic (exact) mass is 382 g/mol. The van der Waals surface area contributed by atoms with E-state index >= 15 is 0 Å². The van der Waals surface area contributed by atoms with Gasteiger partial charge in [0, 0.05) is 30.2 Å². The second-order valence-corrected chi connectivity index (χ2v) is 7.86. The number of halogens is 1. The summed E-state index contributed by atoms with van der Waals surface area (Å²) in [6.07, 6.45) is 1.06. The number of aryl methyl sites for hydroxylation is 2. The Morgan fingerprint density at radius 2 is 1.74 bits per heavy atom. The maximum atomic E-state index is 13.3. The third-order valence-electron chi connectivity index (χ3n) is 4.60. The maximum absolute atomic E-state index is 13.3. The highest BCUT2D eigenvalue weighted by Crippen LogP contribution is 2.28. The average Bonchev–Trinajstić information content (AvgIpc) is 2.99. The molecule has 1 heterocycles. The molecule has 27 heavy (non-hydrogen) atoms. The van der Waals surface area contributed by atoms with E-state index in [4.69, 9.17) is 0 Å². The lowest BCUT2D eigenvalue weighted by molar-refractivity contribution is -0.121. The first-order chi connectivity index (χ1) is 13.0. The second-order valence-electron chi connectivity index (χ2n) is 6.57. The quantitative estimate of drug-likeness (QED) is 0.639. The van der Waals surface area contributed by atoms with Crippen molar-refractivity contribution in [3.8, 4) is 0 Å². The van der Waals surface area contributed by atoms with E-state index in [1.165, 1.54) is 17.0 Å². The number of nitrogens with zero attached hydrogens (tertiary/aromatic N) is 1. The lowest BCUT2D eigenvalue weighted by Crippen LogP contribution is -2.27. The number of carbonyl (C=O) groups is 1. The van der Waals surface area contributed by atoms with Crippen molar-refractivity contribution in [2.45, 2.75) is 32.6 Å². The first-order valence-corrected chi connectivity index (χ1v) is 9.84. The van der Waals surface area contributed by atoms with Crippen molar-refractivity contribution >= 4 is 17.2 Å². The van der Waals surface area contributed by atoms with Gasteiger partial charge in [0.15, 0.2) is 0 Å². The Hall–Kier alpha value is -2.53. The summed E-state index contributed by atoms with van der Waals surface area (Å²) in [4.78, 5) is 18.2. The Morgan fingerprint density at radius 1 is 1.07 bits per heavy atom. The van der Waals surface area contributed by atoms with E-state index in [0.29, 0.717) is 13.0 Å². The summed E-state index contributed by atoms with van der Waals surface area (Å²) in [5, 5.41) is 4.04. The Bertz CT molecular complexity index is 871. The van der Waals surface area contributed by atoms with Gasteiger partial charge in [-0.1, -0.05) is 42.5 Å². The van der Waals surface area contributed by atoms with E-state index in [2.05, 4.69) is 17.2 Å². The summed E-state index contributed by atoms with van der Waals surface area (Å²) in [6, 6.07) is 16.2. The van der Waals surface area contributed by atoms with Gasteiger partial charge >= 0.3 is 0 Å². The smallest absolute Gasteiger partial charge is 0.220 e. The minimum absolute atomic E-state index is 0.0156. The second kappa shape index (κ2) is 8.91. The van der Waals surface area contributed by atoms with Crippen LogP contribution in [0.3, 0.4) is 0 Å². The van der Waals surface area contributed by atoms with Gasteiger partial charge in [-0.2, -0.15) is 0 Å². The van der Waals surface area contributed by atoms with Crippen molar-refractivity contribution in [3.05, 3.63) is 87.1 Å². The molecule has 0 unspecified atom stereocenters. The highest BCUT2D eigenvalue weighted by Gasteiger charge is 2.18. The van der Waals surface area contributed by atoms with Crippen LogP contribution in [0.4, 0.5) is 4.39 Å². The van der Waals surface area contributed by atoms with Gasteiger partial charge in [0.1, 0.15) is 5.82 Å². The Morgan fingerprint density at radius 3 is 2.37 bits per heavy atom. The zero-order chi connectivity index (χ0) is 19.2. The van der Waals surface area contributed by atoms with Crippen LogP contribution in [-0.2, 0) is 11.2 Å². The number of rotatable bonds is 7. The summed E-state index contributed by atoms with van der Waals surface area (Å²) in [6.45, 7) is 4.62. The van der Waals surface area contributed by atoms with Crippen molar-refractivity contribution in [3.63, 3.8) is 0 Å². The molecule has 3 nitrogen and oxygen atoms in total. The molecule has 140 valence electrons. The molecule has 2 aromatic carbocycles. The van der Waals surface area contributed by atoms with Crippen LogP contribution in [0.15, 0.2) is 54.6 Å². The number of hydrogen-bond acceptors (Lipinski definition) is 3. The fourth-order valence-electron chi connectivity index (χ4n) is 3.02. The number of hydrogen-bond donors (Lipinski definition) is 1. The molecule has 0 aliphatic heterocycles. The van der Waals surface area contributed by atoms with Crippen molar-refractivity contribution in [2.75, 3.05) is 6.54 Å².